The van der Waals surface area contributed by atoms with E-state index in [2.05, 4.69) is 24.1 Å². The van der Waals surface area contributed by atoms with Crippen LogP contribution in [0.3, 0.4) is 0 Å². The van der Waals surface area contributed by atoms with Gasteiger partial charge in [0.05, 0.1) is 0 Å². The first kappa shape index (κ1) is 17.4. The summed E-state index contributed by atoms with van der Waals surface area (Å²) in [6, 6.07) is 7.06. The number of benzene rings is 1. The summed E-state index contributed by atoms with van der Waals surface area (Å²) in [7, 11) is 0. The average molecular weight is 290 g/mol. The van der Waals surface area contributed by atoms with Gasteiger partial charge in [0, 0.05) is 24.2 Å². The lowest BCUT2D eigenvalue weighted by molar-refractivity contribution is -0.116. The third-order valence-electron chi connectivity index (χ3n) is 3.29. The predicted molar refractivity (Wildman–Crippen MR) is 86.7 cm³/mol. The van der Waals surface area contributed by atoms with Crippen molar-refractivity contribution in [2.45, 2.75) is 40.0 Å². The second kappa shape index (κ2) is 9.29. The summed E-state index contributed by atoms with van der Waals surface area (Å²) in [6.45, 7) is 8.65. The van der Waals surface area contributed by atoms with Gasteiger partial charge in [-0.15, -0.1) is 0 Å². The van der Waals surface area contributed by atoms with E-state index in [4.69, 9.17) is 0 Å². The molecule has 1 aromatic rings. The minimum absolute atomic E-state index is 0.00293. The molecule has 0 aliphatic rings. The highest BCUT2D eigenvalue weighted by Gasteiger charge is 2.08. The molecule has 1 rings (SSSR count). The van der Waals surface area contributed by atoms with Crippen LogP contribution in [0.5, 0.6) is 0 Å². The summed E-state index contributed by atoms with van der Waals surface area (Å²) in [5.74, 6) is -0.00364. The molecule has 1 amide bonds. The lowest BCUT2D eigenvalue weighted by atomic mass is 10.1. The van der Waals surface area contributed by atoms with Gasteiger partial charge in [0.15, 0.2) is 5.78 Å². The molecule has 0 aliphatic carbocycles. The van der Waals surface area contributed by atoms with E-state index in [9.17, 15) is 9.59 Å². The fourth-order valence-corrected chi connectivity index (χ4v) is 2.27. The Morgan fingerprint density at radius 2 is 1.76 bits per heavy atom. The maximum atomic E-state index is 12.0. The topological polar surface area (TPSA) is 49.4 Å². The molecule has 0 heterocycles. The van der Waals surface area contributed by atoms with Crippen LogP contribution in [0.2, 0.25) is 0 Å². The average Bonchev–Trinajstić information content (AvgIpc) is 2.45. The van der Waals surface area contributed by atoms with Crippen molar-refractivity contribution in [3.63, 3.8) is 0 Å². The smallest absolute Gasteiger partial charge is 0.225 e. The molecule has 1 aromatic carbocycles. The molecule has 0 radical (unpaired) electrons. The number of nitrogens with one attached hydrogen (secondary N) is 1. The number of anilines is 1. The first-order valence-corrected chi connectivity index (χ1v) is 7.70. The van der Waals surface area contributed by atoms with E-state index >= 15 is 0 Å². The summed E-state index contributed by atoms with van der Waals surface area (Å²) < 4.78 is 0. The first-order chi connectivity index (χ1) is 10.1. The molecular weight excluding hydrogens is 264 g/mol. The standard InChI is InChI=1S/C17H26N2O2/c1-4-10-19(11-5-2)12-9-17(21)18-16-8-6-7-15(13-16)14(3)20/h6-8,13H,4-5,9-12H2,1-3H3,(H,18,21). The fourth-order valence-electron chi connectivity index (χ4n) is 2.27. The predicted octanol–water partition coefficient (Wildman–Crippen LogP) is 3.34. The molecule has 0 saturated carbocycles. The molecule has 0 aromatic heterocycles. The third kappa shape index (κ3) is 6.54. The Kier molecular flexibility index (Phi) is 7.69. The van der Waals surface area contributed by atoms with E-state index in [-0.39, 0.29) is 11.7 Å². The van der Waals surface area contributed by atoms with Crippen molar-refractivity contribution < 1.29 is 9.59 Å². The van der Waals surface area contributed by atoms with Gasteiger partial charge in [0.2, 0.25) is 5.91 Å². The Morgan fingerprint density at radius 1 is 1.10 bits per heavy atom. The molecule has 21 heavy (non-hydrogen) atoms. The Labute approximate surface area is 127 Å². The number of carbonyl (C=O) groups excluding carboxylic acids is 2. The van der Waals surface area contributed by atoms with Crippen molar-refractivity contribution in [1.82, 2.24) is 4.90 Å². The summed E-state index contributed by atoms with van der Waals surface area (Å²) in [4.78, 5) is 25.6. The molecule has 4 nitrogen and oxygen atoms in total. The van der Waals surface area contributed by atoms with Crippen LogP contribution < -0.4 is 5.32 Å². The molecule has 0 saturated heterocycles. The lowest BCUT2D eigenvalue weighted by Gasteiger charge is -2.20. The van der Waals surface area contributed by atoms with E-state index in [0.717, 1.165) is 32.5 Å². The van der Waals surface area contributed by atoms with E-state index in [0.29, 0.717) is 17.7 Å². The minimum atomic E-state index is -0.00657. The normalized spacial score (nSPS) is 10.7. The molecule has 1 N–H and O–H groups in total. The molecule has 0 spiro atoms. The molecule has 0 atom stereocenters. The summed E-state index contributed by atoms with van der Waals surface area (Å²) >= 11 is 0. The summed E-state index contributed by atoms with van der Waals surface area (Å²) in [6.07, 6.45) is 2.68. The molecule has 0 fully saturated rings. The summed E-state index contributed by atoms with van der Waals surface area (Å²) in [5.41, 5.74) is 1.30. The zero-order valence-electron chi connectivity index (χ0n) is 13.3. The van der Waals surface area contributed by atoms with Crippen LogP contribution in [0, 0.1) is 0 Å². The Bertz CT molecular complexity index is 466. The van der Waals surface area contributed by atoms with E-state index in [1.807, 2.05) is 0 Å². The highest BCUT2D eigenvalue weighted by molar-refractivity contribution is 5.97. The van der Waals surface area contributed by atoms with Gasteiger partial charge >= 0.3 is 0 Å². The monoisotopic (exact) mass is 290 g/mol. The number of Topliss-reactive ketones (excluding diaryl/α,β-unsaturated/α-hetero) is 1. The molecule has 4 heteroatoms. The quantitative estimate of drug-likeness (QED) is 0.710. The molecule has 116 valence electrons. The molecule has 0 aliphatic heterocycles. The number of amides is 1. The van der Waals surface area contributed by atoms with Gasteiger partial charge in [0.1, 0.15) is 0 Å². The third-order valence-corrected chi connectivity index (χ3v) is 3.29. The van der Waals surface area contributed by atoms with Crippen molar-refractivity contribution in [3.05, 3.63) is 29.8 Å². The Morgan fingerprint density at radius 3 is 2.33 bits per heavy atom. The number of hydrogen-bond acceptors (Lipinski definition) is 3. The number of nitrogens with zero attached hydrogens (tertiary/aromatic N) is 1. The van der Waals surface area contributed by atoms with Gasteiger partial charge in [-0.1, -0.05) is 26.0 Å². The Hall–Kier alpha value is -1.68. The van der Waals surface area contributed by atoms with Crippen molar-refractivity contribution in [1.29, 1.82) is 0 Å². The van der Waals surface area contributed by atoms with Crippen LogP contribution in [-0.2, 0) is 4.79 Å². The molecule has 0 bridgehead atoms. The van der Waals surface area contributed by atoms with Gasteiger partial charge in [-0.3, -0.25) is 9.59 Å². The maximum Gasteiger partial charge on any atom is 0.225 e. The van der Waals surface area contributed by atoms with Crippen LogP contribution in [0.4, 0.5) is 5.69 Å². The lowest BCUT2D eigenvalue weighted by Crippen LogP contribution is -2.29. The van der Waals surface area contributed by atoms with E-state index < -0.39 is 0 Å². The maximum absolute atomic E-state index is 12.0. The van der Waals surface area contributed by atoms with Crippen LogP contribution in [-0.4, -0.2) is 36.2 Å². The Balaban J connectivity index is 2.49. The second-order valence-electron chi connectivity index (χ2n) is 5.28. The molecular formula is C17H26N2O2. The van der Waals surface area contributed by atoms with Crippen molar-refractivity contribution in [2.24, 2.45) is 0 Å². The highest BCUT2D eigenvalue weighted by Crippen LogP contribution is 2.11. The fraction of sp³-hybridized carbons (Fsp3) is 0.529. The van der Waals surface area contributed by atoms with Gasteiger partial charge < -0.3 is 10.2 Å². The van der Waals surface area contributed by atoms with Crippen LogP contribution >= 0.6 is 0 Å². The highest BCUT2D eigenvalue weighted by atomic mass is 16.1. The van der Waals surface area contributed by atoms with Crippen molar-refractivity contribution in [2.75, 3.05) is 25.0 Å². The first-order valence-electron chi connectivity index (χ1n) is 7.70. The second-order valence-corrected chi connectivity index (χ2v) is 5.28. The number of ketones is 1. The largest absolute Gasteiger partial charge is 0.326 e. The van der Waals surface area contributed by atoms with Crippen LogP contribution in [0.1, 0.15) is 50.4 Å². The van der Waals surface area contributed by atoms with Gasteiger partial charge in [0.25, 0.3) is 0 Å². The van der Waals surface area contributed by atoms with E-state index in [1.54, 1.807) is 24.3 Å². The zero-order chi connectivity index (χ0) is 15.7. The van der Waals surface area contributed by atoms with Crippen molar-refractivity contribution >= 4 is 17.4 Å². The number of carbonyl (C=O) groups is 2. The molecule has 0 unspecified atom stereocenters. The van der Waals surface area contributed by atoms with Gasteiger partial charge in [-0.05, 0) is 45.0 Å². The SMILES string of the molecule is CCCN(CCC)CCC(=O)Nc1cccc(C(C)=O)c1. The minimum Gasteiger partial charge on any atom is -0.326 e. The van der Waals surface area contributed by atoms with Gasteiger partial charge in [-0.2, -0.15) is 0 Å². The van der Waals surface area contributed by atoms with Crippen molar-refractivity contribution in [3.8, 4) is 0 Å². The zero-order valence-corrected chi connectivity index (χ0v) is 13.3. The number of hydrogen-bond donors (Lipinski definition) is 1. The van der Waals surface area contributed by atoms with E-state index in [1.165, 1.54) is 6.92 Å². The van der Waals surface area contributed by atoms with Crippen LogP contribution in [0.25, 0.3) is 0 Å². The summed E-state index contributed by atoms with van der Waals surface area (Å²) in [5, 5.41) is 2.86. The number of rotatable bonds is 9. The van der Waals surface area contributed by atoms with Gasteiger partial charge in [-0.25, -0.2) is 0 Å². The van der Waals surface area contributed by atoms with Crippen LogP contribution in [0.15, 0.2) is 24.3 Å².